The van der Waals surface area contributed by atoms with Gasteiger partial charge >= 0.3 is 0 Å². The van der Waals surface area contributed by atoms with Gasteiger partial charge in [-0.2, -0.15) is 14.8 Å². The summed E-state index contributed by atoms with van der Waals surface area (Å²) in [5.74, 6) is -0.955. The second kappa shape index (κ2) is 6.85. The summed E-state index contributed by atoms with van der Waals surface area (Å²) in [7, 11) is -4.18. The topological polar surface area (TPSA) is 111 Å². The fraction of sp³-hybridized carbons (Fsp3) is 0.333. The molecule has 1 aromatic rings. The molecule has 0 aliphatic rings. The smallest absolute Gasteiger partial charge is 0.248 e. The molecule has 0 saturated heterocycles. The summed E-state index contributed by atoms with van der Waals surface area (Å²) in [5.41, 5.74) is 5.32. The van der Waals surface area contributed by atoms with Gasteiger partial charge in [-0.05, 0) is 12.1 Å². The van der Waals surface area contributed by atoms with Crippen LogP contribution in [-0.4, -0.2) is 25.8 Å². The van der Waals surface area contributed by atoms with Crippen LogP contribution in [0.15, 0.2) is 23.1 Å². The fourth-order valence-corrected chi connectivity index (χ4v) is 3.23. The number of halogens is 1. The lowest BCUT2D eigenvalue weighted by atomic mass is 10.3. The van der Waals surface area contributed by atoms with Crippen molar-refractivity contribution in [3.8, 4) is 12.1 Å². The molecule has 0 saturated carbocycles. The molecule has 0 amide bonds. The molecule has 0 atom stereocenters. The van der Waals surface area contributed by atoms with E-state index in [0.29, 0.717) is 0 Å². The first kappa shape index (κ1) is 15.9. The van der Waals surface area contributed by atoms with E-state index < -0.39 is 20.7 Å². The van der Waals surface area contributed by atoms with Crippen LogP contribution in [0.1, 0.15) is 12.8 Å². The van der Waals surface area contributed by atoms with Gasteiger partial charge in [-0.3, -0.25) is 0 Å². The normalized spacial score (nSPS) is 11.0. The van der Waals surface area contributed by atoms with Crippen LogP contribution in [0.2, 0.25) is 0 Å². The molecule has 0 aliphatic heterocycles. The van der Waals surface area contributed by atoms with Crippen molar-refractivity contribution < 1.29 is 12.8 Å². The Morgan fingerprint density at radius 2 is 1.75 bits per heavy atom. The quantitative estimate of drug-likeness (QED) is 0.793. The molecule has 0 fully saturated rings. The van der Waals surface area contributed by atoms with Crippen molar-refractivity contribution in [2.24, 2.45) is 0 Å². The van der Waals surface area contributed by atoms with Crippen molar-refractivity contribution in [3.63, 3.8) is 0 Å². The number of hydrogen-bond donors (Lipinski definition) is 1. The van der Waals surface area contributed by atoms with Crippen molar-refractivity contribution in [3.05, 3.63) is 24.0 Å². The highest BCUT2D eigenvalue weighted by atomic mass is 32.2. The zero-order chi connectivity index (χ0) is 15.2. The predicted octanol–water partition coefficient (Wildman–Crippen LogP) is 1.23. The molecule has 0 radical (unpaired) electrons. The van der Waals surface area contributed by atoms with Crippen molar-refractivity contribution in [1.29, 1.82) is 10.5 Å². The minimum absolute atomic E-state index is 0.0565. The Hall–Kier alpha value is -2.16. The summed E-state index contributed by atoms with van der Waals surface area (Å²) in [6.45, 7) is -0.234. The molecule has 106 valence electrons. The average Bonchev–Trinajstić information content (AvgIpc) is 2.38. The summed E-state index contributed by atoms with van der Waals surface area (Å²) in [6.07, 6.45) is -0.113. The molecule has 0 aliphatic carbocycles. The molecule has 0 heterocycles. The van der Waals surface area contributed by atoms with Crippen LogP contribution in [0.25, 0.3) is 0 Å². The number of nitrogen functional groups attached to an aromatic ring is 1. The number of nitrogens with zero attached hydrogens (tertiary/aromatic N) is 3. The highest BCUT2D eigenvalue weighted by molar-refractivity contribution is 7.89. The lowest BCUT2D eigenvalue weighted by Gasteiger charge is -2.21. The van der Waals surface area contributed by atoms with Crippen molar-refractivity contribution in [2.45, 2.75) is 17.7 Å². The number of hydrogen-bond acceptors (Lipinski definition) is 5. The molecule has 8 heteroatoms. The zero-order valence-electron chi connectivity index (χ0n) is 10.6. The van der Waals surface area contributed by atoms with Crippen molar-refractivity contribution in [1.82, 2.24) is 4.31 Å². The molecule has 1 aromatic carbocycles. The van der Waals surface area contributed by atoms with Gasteiger partial charge in [0.1, 0.15) is 10.7 Å². The molecular weight excluding hydrogens is 283 g/mol. The van der Waals surface area contributed by atoms with Crippen LogP contribution in [0.4, 0.5) is 10.1 Å². The largest absolute Gasteiger partial charge is 0.398 e. The average molecular weight is 296 g/mol. The SMILES string of the molecule is N#CCCN(CCC#N)S(=O)(=O)c1c(N)cccc1F. The lowest BCUT2D eigenvalue weighted by Crippen LogP contribution is -2.33. The van der Waals surface area contributed by atoms with Crippen LogP contribution in [0, 0.1) is 28.5 Å². The van der Waals surface area contributed by atoms with E-state index >= 15 is 0 Å². The first-order valence-corrected chi connectivity index (χ1v) is 7.17. The van der Waals surface area contributed by atoms with Gasteiger partial charge in [0.15, 0.2) is 0 Å². The summed E-state index contributed by atoms with van der Waals surface area (Å²) >= 11 is 0. The fourth-order valence-electron chi connectivity index (χ4n) is 1.63. The van der Waals surface area contributed by atoms with Crippen molar-refractivity contribution in [2.75, 3.05) is 18.8 Å². The number of sulfonamides is 1. The van der Waals surface area contributed by atoms with E-state index in [1.807, 2.05) is 12.1 Å². The maximum Gasteiger partial charge on any atom is 0.248 e. The highest BCUT2D eigenvalue weighted by Gasteiger charge is 2.29. The maximum atomic E-state index is 13.7. The monoisotopic (exact) mass is 296 g/mol. The summed E-state index contributed by atoms with van der Waals surface area (Å²) in [6, 6.07) is 7.21. The first-order chi connectivity index (χ1) is 9.45. The molecule has 0 aromatic heterocycles. The first-order valence-electron chi connectivity index (χ1n) is 5.73. The van der Waals surface area contributed by atoms with Crippen LogP contribution in [0.5, 0.6) is 0 Å². The minimum atomic E-state index is -4.18. The van der Waals surface area contributed by atoms with Crippen LogP contribution in [0.3, 0.4) is 0 Å². The van der Waals surface area contributed by atoms with E-state index in [9.17, 15) is 12.8 Å². The Labute approximate surface area is 116 Å². The van der Waals surface area contributed by atoms with Gasteiger partial charge in [-0.1, -0.05) is 6.07 Å². The Morgan fingerprint density at radius 1 is 1.20 bits per heavy atom. The molecule has 1 rings (SSSR count). The lowest BCUT2D eigenvalue weighted by molar-refractivity contribution is 0.421. The predicted molar refractivity (Wildman–Crippen MR) is 70.0 cm³/mol. The number of anilines is 1. The Kier molecular flexibility index (Phi) is 5.44. The van der Waals surface area contributed by atoms with E-state index in [-0.39, 0.29) is 31.6 Å². The number of nitriles is 2. The maximum absolute atomic E-state index is 13.7. The zero-order valence-corrected chi connectivity index (χ0v) is 11.4. The third-order valence-corrected chi connectivity index (χ3v) is 4.53. The van der Waals surface area contributed by atoms with Crippen LogP contribution < -0.4 is 5.73 Å². The number of rotatable bonds is 6. The Bertz CT molecular complexity index is 623. The molecular formula is C12H13FN4O2S. The molecule has 0 spiro atoms. The highest BCUT2D eigenvalue weighted by Crippen LogP contribution is 2.25. The standard InChI is InChI=1S/C12H13FN4O2S/c13-10-4-1-5-11(16)12(10)20(18,19)17(8-2-6-14)9-3-7-15/h1,4-5H,2-3,8-9,16H2. The number of nitrogens with two attached hydrogens (primary N) is 1. The molecule has 20 heavy (non-hydrogen) atoms. The van der Waals surface area contributed by atoms with E-state index in [0.717, 1.165) is 10.4 Å². The minimum Gasteiger partial charge on any atom is -0.398 e. The van der Waals surface area contributed by atoms with Gasteiger partial charge in [-0.15, -0.1) is 0 Å². The van der Waals surface area contributed by atoms with Gasteiger partial charge in [-0.25, -0.2) is 12.8 Å². The molecule has 6 nitrogen and oxygen atoms in total. The second-order valence-corrected chi connectivity index (χ2v) is 5.75. The van der Waals surface area contributed by atoms with Gasteiger partial charge in [0.2, 0.25) is 10.0 Å². The third kappa shape index (κ3) is 3.44. The summed E-state index contributed by atoms with van der Waals surface area (Å²) in [4.78, 5) is -0.615. The number of benzene rings is 1. The molecule has 2 N–H and O–H groups in total. The van der Waals surface area contributed by atoms with Gasteiger partial charge in [0.25, 0.3) is 0 Å². The van der Waals surface area contributed by atoms with Gasteiger partial charge < -0.3 is 5.73 Å². The van der Waals surface area contributed by atoms with Crippen molar-refractivity contribution >= 4 is 15.7 Å². The molecule has 0 bridgehead atoms. The van der Waals surface area contributed by atoms with E-state index in [1.54, 1.807) is 0 Å². The van der Waals surface area contributed by atoms with Gasteiger partial charge in [0, 0.05) is 25.9 Å². The van der Waals surface area contributed by atoms with Crippen LogP contribution >= 0.6 is 0 Å². The Balaban J connectivity index is 3.23. The van der Waals surface area contributed by atoms with Gasteiger partial charge in [0.05, 0.1) is 17.8 Å². The summed E-state index contributed by atoms with van der Waals surface area (Å²) < 4.78 is 39.4. The van der Waals surface area contributed by atoms with E-state index in [1.165, 1.54) is 12.1 Å². The van der Waals surface area contributed by atoms with Crippen LogP contribution in [-0.2, 0) is 10.0 Å². The molecule has 0 unspecified atom stereocenters. The second-order valence-electron chi connectivity index (χ2n) is 3.88. The third-order valence-electron chi connectivity index (χ3n) is 2.54. The Morgan fingerprint density at radius 3 is 2.20 bits per heavy atom. The van der Waals surface area contributed by atoms with E-state index in [4.69, 9.17) is 16.3 Å². The summed E-state index contributed by atoms with van der Waals surface area (Å²) in [5, 5.41) is 17.1. The van der Waals surface area contributed by atoms with E-state index in [2.05, 4.69) is 0 Å².